The number of pyridine rings is 4. The average Bonchev–Trinajstić information content (AvgIpc) is 0.971. The van der Waals surface area contributed by atoms with Gasteiger partial charge in [-0.3, -0.25) is 31.0 Å². The molecule has 10 aromatic rings. The molecule has 0 saturated heterocycles. The van der Waals surface area contributed by atoms with Crippen molar-refractivity contribution in [1.29, 1.82) is 0 Å². The van der Waals surface area contributed by atoms with Crippen molar-refractivity contribution in [3.05, 3.63) is 216 Å². The van der Waals surface area contributed by atoms with Crippen LogP contribution in [0.15, 0.2) is 217 Å². The number of rotatable bonds is 8. The number of carboxylic acids is 1. The van der Waals surface area contributed by atoms with Crippen molar-refractivity contribution in [1.82, 2.24) is 19.9 Å². The van der Waals surface area contributed by atoms with Gasteiger partial charge in [0.05, 0.1) is 35.0 Å². The molecule has 0 aliphatic heterocycles. The second-order valence-corrected chi connectivity index (χ2v) is 37.7. The summed E-state index contributed by atoms with van der Waals surface area (Å²) in [5.74, 6) is 0.341. The van der Waals surface area contributed by atoms with E-state index in [1.807, 2.05) is 97.1 Å². The number of methoxy groups -OCH3 is 2. The van der Waals surface area contributed by atoms with Crippen molar-refractivity contribution in [2.24, 2.45) is 0 Å². The van der Waals surface area contributed by atoms with Crippen LogP contribution in [-0.2, 0) is 235 Å². The molecule has 0 spiro atoms. The minimum atomic E-state index is -3.86. The number of sulfonamides is 2. The van der Waals surface area contributed by atoms with E-state index in [2.05, 4.69) is 102 Å². The van der Waals surface area contributed by atoms with Gasteiger partial charge in [-0.1, -0.05) is 84.9 Å². The summed E-state index contributed by atoms with van der Waals surface area (Å²) >= 11 is 22.3. The summed E-state index contributed by atoms with van der Waals surface area (Å²) in [4.78, 5) is 34.3. The minimum absolute atomic E-state index is 0. The fourth-order valence-corrected chi connectivity index (χ4v) is 27.7. The average molecular weight is 1840 g/mol. The van der Waals surface area contributed by atoms with Crippen LogP contribution in [0, 0.1) is 0 Å². The Morgan fingerprint density at radius 1 is 0.495 bits per heavy atom. The number of nitrogens with zero attached hydrogens (tertiary/aromatic N) is 6. The van der Waals surface area contributed by atoms with Crippen LogP contribution in [0.4, 0.5) is 11.4 Å². The van der Waals surface area contributed by atoms with E-state index in [1.54, 1.807) is 169 Å². The zero-order valence-electron chi connectivity index (χ0n) is 46.7. The van der Waals surface area contributed by atoms with Crippen molar-refractivity contribution < 1.29 is 104 Å². The number of aliphatic carboxylic acids is 1. The summed E-state index contributed by atoms with van der Waals surface area (Å²) in [6.45, 7) is 2.40. The molecule has 4 aromatic heterocycles. The Kier molecular flexibility index (Phi) is 52.8. The molecule has 0 atom stereocenters. The van der Waals surface area contributed by atoms with Gasteiger partial charge in [-0.15, -0.1) is 11.4 Å². The van der Waals surface area contributed by atoms with Crippen LogP contribution in [0.3, 0.4) is 0 Å². The Balaban J connectivity index is 0.00000114. The summed E-state index contributed by atoms with van der Waals surface area (Å²) in [5, 5.41) is 12.5. The van der Waals surface area contributed by atoms with Gasteiger partial charge in [0.2, 0.25) is 0 Å². The number of ether oxygens (including phenoxy) is 2. The van der Waals surface area contributed by atoms with Gasteiger partial charge in [0, 0.05) is 218 Å². The smallest absolute Gasteiger partial charge is 0.0267 e. The van der Waals surface area contributed by atoms with Crippen molar-refractivity contribution in [2.45, 2.75) is 23.6 Å². The summed E-state index contributed by atoms with van der Waals surface area (Å²) in [6.07, 6.45) is 11.9. The molecule has 0 aliphatic rings. The molecule has 4 heterocycles. The van der Waals surface area contributed by atoms with E-state index in [1.165, 1.54) is 87.2 Å². The van der Waals surface area contributed by atoms with Crippen molar-refractivity contribution >= 4 is 239 Å². The SMILES string of the molecule is CC(=O)O.COc1ccc(S(=O)(=O)[N-]c2cccc3ccc4cccnc4c23)cc1.COc1ccc(S(=O)(=O)[N-]c2cccc3ccc4cccnc4c23)cc1.C[C-]=O.S=S=S=S=S=S=S.S=S=S=S=S=S=S=S.[Cl][Pd+].[O]=[Ag].[Pd].c1ccncc1.c1ccncc1. The zero-order valence-corrected chi connectivity index (χ0v) is 65.9. The zero-order chi connectivity index (χ0) is 66.8. The van der Waals surface area contributed by atoms with Crippen LogP contribution in [0.5, 0.6) is 11.5 Å². The summed E-state index contributed by atoms with van der Waals surface area (Å²) in [6, 6.07) is 50.0. The molecule has 0 amide bonds. The fourth-order valence-electron chi connectivity index (χ4n) is 6.51. The van der Waals surface area contributed by atoms with E-state index in [4.69, 9.17) is 27.4 Å². The second kappa shape index (κ2) is 54.9. The van der Waals surface area contributed by atoms with E-state index < -0.39 is 26.0 Å². The number of fused-ring (bicyclic) bond motifs is 6. The molecule has 0 radical (unpaired) electrons. The van der Waals surface area contributed by atoms with Crippen LogP contribution in [0.2, 0.25) is 0 Å². The molecule has 91 heavy (non-hydrogen) atoms. The number of carboxylic acid groups (broad SMARTS) is 1. The number of carbonyl (C=O) groups excluding carboxylic acids is 1. The van der Waals surface area contributed by atoms with Gasteiger partial charge in [-0.2, -0.15) is 6.92 Å². The van der Waals surface area contributed by atoms with E-state index in [0.29, 0.717) is 22.9 Å². The van der Waals surface area contributed by atoms with Gasteiger partial charge in [0.15, 0.2) is 0 Å². The summed E-state index contributed by atoms with van der Waals surface area (Å²) in [5.41, 5.74) is 2.22. The minimum Gasteiger partial charge on any atom is -0.265 e. The maximum Gasteiger partial charge on any atom is 0.0267 e. The fraction of sp³-hybridized carbons (Fsp3) is 0.0741. The van der Waals surface area contributed by atoms with Gasteiger partial charge in [0.1, 0.15) is 31.5 Å². The van der Waals surface area contributed by atoms with Gasteiger partial charge < -0.3 is 28.8 Å². The first kappa shape index (κ1) is 87.7. The molecule has 1 N–H and O–H groups in total. The number of aromatic nitrogens is 4. The third-order valence-corrected chi connectivity index (χ3v) is 32.3. The first-order valence-electron chi connectivity index (χ1n) is 23.7. The standard InChI is InChI=1S/2C20H15N2O3S.2C5H5N.C2H4O2.C2H3O.Ag.ClH.O.2Pd.S8.S7/c2*1-25-16-9-11-17(12-10-16)26(23,24)22-18-6-2-4-14-7-8-15-5-3-13-21-20(15)19(14)18;2*1-2-4-6-5-3-1;1-2(3)4;1-2-3;;;;;;1-3-5-7-8-6-4-2;1-3-5-7-6-4-2/h2*2-13H,1H3;2*1-5H;1H3,(H,3,4);1H3;;1H;;;;;/q2*-1;;;;-1;;;;;+2;;/p-1. The third kappa shape index (κ3) is 35.8. The largest absolute Gasteiger partial charge is 0.265 e. The number of halogens is 1. The van der Waals surface area contributed by atoms with Gasteiger partial charge in [0.25, 0.3) is 5.97 Å². The maximum absolute atomic E-state index is 12.8. The number of benzene rings is 6. The Morgan fingerprint density at radius 2 is 0.780 bits per heavy atom. The van der Waals surface area contributed by atoms with Gasteiger partial charge >= 0.3 is 52.0 Å². The van der Waals surface area contributed by atoms with Crippen LogP contribution in [-0.4, -0.2) is 68.4 Å². The predicted molar refractivity (Wildman–Crippen MR) is 395 cm³/mol. The van der Waals surface area contributed by atoms with Gasteiger partial charge in [-0.05, 0) is 106 Å². The van der Waals surface area contributed by atoms with Crippen LogP contribution in [0.1, 0.15) is 13.8 Å². The quantitative estimate of drug-likeness (QED) is 0.0845. The monoisotopic (exact) mass is 1840 g/mol. The Hall–Kier alpha value is -3.35. The van der Waals surface area contributed by atoms with Crippen LogP contribution < -0.4 is 9.47 Å². The van der Waals surface area contributed by atoms with E-state index in [0.717, 1.165) is 50.3 Å². The molecule has 6 aromatic carbocycles. The van der Waals surface area contributed by atoms with E-state index >= 15 is 0 Å². The molecular formula is C54H47AgClN6O10Pd2S17-2. The first-order chi connectivity index (χ1) is 43.6. The molecule has 37 heteroatoms. The topological polar surface area (TPSA) is 238 Å². The third-order valence-electron chi connectivity index (χ3n) is 9.72. The van der Waals surface area contributed by atoms with Crippen LogP contribution in [0.25, 0.3) is 52.8 Å². The second-order valence-electron chi connectivity index (χ2n) is 15.0. The molecule has 495 valence electrons. The molecule has 10 rings (SSSR count). The normalized spacial score (nSPS) is 9.29. The molecule has 0 unspecified atom stereocenters. The molecule has 0 saturated carbocycles. The Morgan fingerprint density at radius 3 is 1.04 bits per heavy atom. The molecule has 0 bridgehead atoms. The Labute approximate surface area is 620 Å². The van der Waals surface area contributed by atoms with E-state index in [9.17, 15) is 16.8 Å². The number of carbonyl (C=O) groups is 1. The summed E-state index contributed by atoms with van der Waals surface area (Å²) < 4.78 is 77.4. The number of hydrogen-bond donors (Lipinski definition) is 1. The summed E-state index contributed by atoms with van der Waals surface area (Å²) in [7, 11) is 16.3. The molecule has 0 aliphatic carbocycles. The van der Waals surface area contributed by atoms with Gasteiger partial charge in [-0.25, -0.2) is 16.8 Å². The van der Waals surface area contributed by atoms with Crippen molar-refractivity contribution in [3.8, 4) is 11.5 Å². The molecule has 0 fully saturated rings. The molecule has 16 nitrogen and oxygen atoms in total. The first-order valence-corrected chi connectivity index (χ1v) is 46.5. The Bertz CT molecular complexity index is 4260. The van der Waals surface area contributed by atoms with Crippen LogP contribution >= 0.6 is 9.53 Å². The number of hydrogen-bond acceptors (Lipinski definition) is 17. The molecular weight excluding hydrogens is 1790 g/mol. The predicted octanol–water partition coefficient (Wildman–Crippen LogP) is 12.5. The van der Waals surface area contributed by atoms with Crippen molar-refractivity contribution in [2.75, 3.05) is 14.2 Å². The maximum atomic E-state index is 12.8. The van der Waals surface area contributed by atoms with Crippen molar-refractivity contribution in [3.63, 3.8) is 0 Å². The van der Waals surface area contributed by atoms with E-state index in [-0.39, 0.29) is 30.2 Å².